The molecule has 0 aliphatic rings. The Morgan fingerprint density at radius 1 is 1.09 bits per heavy atom. The van der Waals surface area contributed by atoms with Crippen LogP contribution < -0.4 is 5.32 Å². The van der Waals surface area contributed by atoms with Crippen LogP contribution in [0.3, 0.4) is 0 Å². The fraction of sp³-hybridized carbons (Fsp3) is 0.125. The van der Waals surface area contributed by atoms with Crippen molar-refractivity contribution in [2.24, 2.45) is 0 Å². The van der Waals surface area contributed by atoms with E-state index in [2.05, 4.69) is 25.6 Å². The molecule has 0 unspecified atom stereocenters. The Balaban J connectivity index is 1.43. The fourth-order valence-corrected chi connectivity index (χ4v) is 2.50. The van der Waals surface area contributed by atoms with E-state index in [1.165, 1.54) is 0 Å². The number of hydrogen-bond donors (Lipinski definition) is 2. The molecule has 2 N–H and O–H groups in total. The molecule has 7 nitrogen and oxygen atoms in total. The van der Waals surface area contributed by atoms with Gasteiger partial charge in [0.2, 0.25) is 5.91 Å². The Morgan fingerprint density at radius 3 is 2.74 bits per heavy atom. The Bertz CT molecular complexity index is 953. The van der Waals surface area contributed by atoms with Crippen LogP contribution >= 0.6 is 0 Å². The van der Waals surface area contributed by atoms with E-state index in [9.17, 15) is 4.79 Å². The summed E-state index contributed by atoms with van der Waals surface area (Å²) >= 11 is 0. The van der Waals surface area contributed by atoms with Crippen LogP contribution in [-0.2, 0) is 17.9 Å². The molecular weight excluding hydrogens is 292 g/mol. The predicted molar refractivity (Wildman–Crippen MR) is 85.5 cm³/mol. The summed E-state index contributed by atoms with van der Waals surface area (Å²) in [4.78, 5) is 19.7. The fourth-order valence-electron chi connectivity index (χ4n) is 2.50. The number of hydrogen-bond acceptors (Lipinski definition) is 4. The van der Waals surface area contributed by atoms with E-state index in [1.54, 1.807) is 4.68 Å². The van der Waals surface area contributed by atoms with Gasteiger partial charge in [-0.1, -0.05) is 29.5 Å². The van der Waals surface area contributed by atoms with Gasteiger partial charge in [-0.3, -0.25) is 4.79 Å². The largest absolute Gasteiger partial charge is 0.347 e. The van der Waals surface area contributed by atoms with Crippen LogP contribution in [-0.4, -0.2) is 30.9 Å². The molecule has 23 heavy (non-hydrogen) atoms. The first-order valence-corrected chi connectivity index (χ1v) is 7.28. The third kappa shape index (κ3) is 2.64. The second-order valence-corrected chi connectivity index (χ2v) is 5.21. The Morgan fingerprint density at radius 2 is 1.87 bits per heavy atom. The van der Waals surface area contributed by atoms with Crippen LogP contribution in [0.4, 0.5) is 0 Å². The Hall–Kier alpha value is -3.22. The maximum Gasteiger partial charge on any atom is 0.242 e. The molecule has 1 amide bonds. The molecule has 0 bridgehead atoms. The summed E-state index contributed by atoms with van der Waals surface area (Å²) in [6, 6.07) is 15.3. The molecule has 2 heterocycles. The molecule has 2 aromatic heterocycles. The van der Waals surface area contributed by atoms with Crippen molar-refractivity contribution in [3.8, 4) is 0 Å². The molecule has 2 aromatic carbocycles. The van der Waals surface area contributed by atoms with E-state index >= 15 is 0 Å². The van der Waals surface area contributed by atoms with Gasteiger partial charge >= 0.3 is 0 Å². The predicted octanol–water partition coefficient (Wildman–Crippen LogP) is 1.62. The number of aromatic nitrogens is 5. The number of nitrogens with zero attached hydrogens (tertiary/aromatic N) is 4. The van der Waals surface area contributed by atoms with Gasteiger partial charge in [0.05, 0.1) is 23.1 Å². The van der Waals surface area contributed by atoms with Gasteiger partial charge in [0.1, 0.15) is 17.9 Å². The molecule has 0 aliphatic heterocycles. The summed E-state index contributed by atoms with van der Waals surface area (Å²) in [5.41, 5.74) is 3.46. The first-order chi connectivity index (χ1) is 11.3. The van der Waals surface area contributed by atoms with E-state index in [-0.39, 0.29) is 12.5 Å². The molecule has 114 valence electrons. The van der Waals surface area contributed by atoms with E-state index in [1.807, 2.05) is 48.5 Å². The lowest BCUT2D eigenvalue weighted by atomic mass is 10.3. The Kier molecular flexibility index (Phi) is 3.23. The van der Waals surface area contributed by atoms with Crippen molar-refractivity contribution in [3.05, 3.63) is 54.4 Å². The molecular formula is C16H14N6O. The molecule has 4 rings (SSSR count). The molecule has 0 fully saturated rings. The quantitative estimate of drug-likeness (QED) is 0.599. The highest BCUT2D eigenvalue weighted by Gasteiger charge is 2.09. The van der Waals surface area contributed by atoms with Crippen LogP contribution in [0.15, 0.2) is 48.5 Å². The van der Waals surface area contributed by atoms with Crippen LogP contribution in [0.5, 0.6) is 0 Å². The third-order valence-corrected chi connectivity index (χ3v) is 3.61. The molecule has 0 aliphatic carbocycles. The van der Waals surface area contributed by atoms with Crippen molar-refractivity contribution >= 4 is 28.0 Å². The van der Waals surface area contributed by atoms with Gasteiger partial charge in [-0.2, -0.15) is 0 Å². The highest BCUT2D eigenvalue weighted by Crippen LogP contribution is 2.11. The number of carbonyl (C=O) groups excluding carboxylic acids is 1. The summed E-state index contributed by atoms with van der Waals surface area (Å²) in [6.07, 6.45) is 0. The minimum atomic E-state index is -0.138. The lowest BCUT2D eigenvalue weighted by Crippen LogP contribution is -2.28. The van der Waals surface area contributed by atoms with Crippen molar-refractivity contribution in [1.82, 2.24) is 30.3 Å². The number of amides is 1. The number of H-pyrrole nitrogens is 1. The molecule has 0 radical (unpaired) electrons. The van der Waals surface area contributed by atoms with E-state index in [4.69, 9.17) is 0 Å². The normalized spacial score (nSPS) is 11.1. The molecule has 4 aromatic rings. The van der Waals surface area contributed by atoms with Gasteiger partial charge in [0.25, 0.3) is 0 Å². The zero-order chi connectivity index (χ0) is 15.6. The molecule has 0 spiro atoms. The highest BCUT2D eigenvalue weighted by molar-refractivity contribution is 5.80. The standard InChI is InChI=1S/C16H14N6O/c23-16(10-22-14-8-4-3-7-13(14)20-21-22)17-9-15-18-11-5-1-2-6-12(11)19-15/h1-8H,9-10H2,(H,17,23)(H,18,19). The molecule has 0 atom stereocenters. The SMILES string of the molecule is O=C(Cn1nnc2ccccc21)NCc1nc2ccccc2[nH]1. The number of nitrogens with one attached hydrogen (secondary N) is 2. The summed E-state index contributed by atoms with van der Waals surface area (Å²) in [5.74, 6) is 0.587. The minimum Gasteiger partial charge on any atom is -0.347 e. The van der Waals surface area contributed by atoms with Crippen molar-refractivity contribution in [2.75, 3.05) is 0 Å². The number of imidazole rings is 1. The third-order valence-electron chi connectivity index (χ3n) is 3.61. The second-order valence-electron chi connectivity index (χ2n) is 5.21. The summed E-state index contributed by atoms with van der Waals surface area (Å²) in [6.45, 7) is 0.473. The number of benzene rings is 2. The Labute approximate surface area is 131 Å². The van der Waals surface area contributed by atoms with Gasteiger partial charge < -0.3 is 10.3 Å². The first-order valence-electron chi connectivity index (χ1n) is 7.28. The van der Waals surface area contributed by atoms with Gasteiger partial charge in [0.15, 0.2) is 0 Å². The van der Waals surface area contributed by atoms with Crippen LogP contribution in [0.2, 0.25) is 0 Å². The maximum atomic E-state index is 12.1. The number of aromatic amines is 1. The van der Waals surface area contributed by atoms with Gasteiger partial charge in [-0.15, -0.1) is 5.10 Å². The van der Waals surface area contributed by atoms with Gasteiger partial charge in [-0.05, 0) is 24.3 Å². The number of para-hydroxylation sites is 3. The maximum absolute atomic E-state index is 12.1. The topological polar surface area (TPSA) is 88.5 Å². The number of fused-ring (bicyclic) bond motifs is 2. The second kappa shape index (κ2) is 5.53. The highest BCUT2D eigenvalue weighted by atomic mass is 16.2. The van der Waals surface area contributed by atoms with Crippen molar-refractivity contribution in [1.29, 1.82) is 0 Å². The van der Waals surface area contributed by atoms with E-state index in [0.29, 0.717) is 6.54 Å². The average Bonchev–Trinajstić information content (AvgIpc) is 3.17. The minimum absolute atomic E-state index is 0.126. The van der Waals surface area contributed by atoms with E-state index in [0.717, 1.165) is 27.9 Å². The monoisotopic (exact) mass is 306 g/mol. The number of carbonyl (C=O) groups is 1. The van der Waals surface area contributed by atoms with Crippen LogP contribution in [0.25, 0.3) is 22.1 Å². The van der Waals surface area contributed by atoms with Crippen LogP contribution in [0, 0.1) is 0 Å². The number of rotatable bonds is 4. The van der Waals surface area contributed by atoms with Crippen molar-refractivity contribution in [2.45, 2.75) is 13.1 Å². The lowest BCUT2D eigenvalue weighted by molar-refractivity contribution is -0.122. The average molecular weight is 306 g/mol. The summed E-state index contributed by atoms with van der Waals surface area (Å²) in [7, 11) is 0. The van der Waals surface area contributed by atoms with Gasteiger partial charge in [-0.25, -0.2) is 9.67 Å². The smallest absolute Gasteiger partial charge is 0.242 e. The zero-order valence-corrected chi connectivity index (χ0v) is 12.2. The van der Waals surface area contributed by atoms with Crippen molar-refractivity contribution in [3.63, 3.8) is 0 Å². The summed E-state index contributed by atoms with van der Waals surface area (Å²) < 4.78 is 1.59. The van der Waals surface area contributed by atoms with Crippen molar-refractivity contribution < 1.29 is 4.79 Å². The first kappa shape index (κ1) is 13.4. The van der Waals surface area contributed by atoms with E-state index < -0.39 is 0 Å². The van der Waals surface area contributed by atoms with Crippen LogP contribution in [0.1, 0.15) is 5.82 Å². The molecule has 0 saturated heterocycles. The summed E-state index contributed by atoms with van der Waals surface area (Å²) in [5, 5.41) is 10.9. The molecule has 0 saturated carbocycles. The zero-order valence-electron chi connectivity index (χ0n) is 12.2. The van der Waals surface area contributed by atoms with Gasteiger partial charge in [0, 0.05) is 0 Å². The molecule has 7 heteroatoms. The lowest BCUT2D eigenvalue weighted by Gasteiger charge is -2.03.